The average Bonchev–Trinajstić information content (AvgIpc) is 2.72. The number of hydrogen-bond acceptors (Lipinski definition) is 6. The molecular weight excluding hydrogens is 392 g/mol. The zero-order chi connectivity index (χ0) is 22.4. The van der Waals surface area contributed by atoms with Gasteiger partial charge in [0.25, 0.3) is 0 Å². The maximum absolute atomic E-state index is 11.9. The Labute approximate surface area is 185 Å². The largest absolute Gasteiger partial charge is 0.491 e. The first kappa shape index (κ1) is 22.8. The number of nitrogens with zero attached hydrogens (tertiary/aromatic N) is 2. The zero-order valence-electron chi connectivity index (χ0n) is 19.2. The third kappa shape index (κ3) is 6.57. The molecule has 1 aromatic heterocycles. The first-order valence-corrected chi connectivity index (χ1v) is 10.9. The number of carbonyl (C=O) groups excluding carboxylic acids is 1. The molecule has 7 heteroatoms. The van der Waals surface area contributed by atoms with Crippen molar-refractivity contribution in [1.82, 2.24) is 15.3 Å². The number of anilines is 1. The van der Waals surface area contributed by atoms with Crippen LogP contribution in [-0.2, 0) is 4.74 Å². The number of benzene rings is 1. The van der Waals surface area contributed by atoms with Gasteiger partial charge in [0, 0.05) is 18.2 Å². The molecule has 2 N–H and O–H groups in total. The number of nitrogens with one attached hydrogen (secondary N) is 2. The zero-order valence-corrected chi connectivity index (χ0v) is 19.2. The lowest BCUT2D eigenvalue weighted by Gasteiger charge is -2.30. The Morgan fingerprint density at radius 1 is 1.10 bits per heavy atom. The molecule has 1 heterocycles. The van der Waals surface area contributed by atoms with Crippen molar-refractivity contribution in [2.75, 3.05) is 19.0 Å². The summed E-state index contributed by atoms with van der Waals surface area (Å²) in [6.45, 7) is 8.32. The van der Waals surface area contributed by atoms with Crippen molar-refractivity contribution in [3.8, 4) is 17.0 Å². The number of hydrogen-bond donors (Lipinski definition) is 2. The van der Waals surface area contributed by atoms with Gasteiger partial charge in [-0.25, -0.2) is 14.8 Å². The summed E-state index contributed by atoms with van der Waals surface area (Å²) in [4.78, 5) is 20.8. The van der Waals surface area contributed by atoms with E-state index in [9.17, 15) is 4.79 Å². The average molecular weight is 427 g/mol. The lowest BCUT2D eigenvalue weighted by molar-refractivity contribution is 0.0515. The SMILES string of the molecule is COc1c(N[C@H]2CC[C@H](CNC(=O)OC(C)(C)C)CC2)ncnc1-c1ccc(C)cc1. The van der Waals surface area contributed by atoms with E-state index in [-0.39, 0.29) is 6.09 Å². The molecule has 1 aliphatic rings. The van der Waals surface area contributed by atoms with Crippen molar-refractivity contribution in [2.45, 2.75) is 65.0 Å². The Kier molecular flexibility index (Phi) is 7.36. The smallest absolute Gasteiger partial charge is 0.407 e. The summed E-state index contributed by atoms with van der Waals surface area (Å²) < 4.78 is 11.0. The number of rotatable bonds is 6. The van der Waals surface area contributed by atoms with E-state index < -0.39 is 5.60 Å². The van der Waals surface area contributed by atoms with Crippen molar-refractivity contribution in [1.29, 1.82) is 0 Å². The lowest BCUT2D eigenvalue weighted by Crippen LogP contribution is -2.37. The van der Waals surface area contributed by atoms with Crippen LogP contribution in [0.2, 0.25) is 0 Å². The second-order valence-electron chi connectivity index (χ2n) is 9.21. The highest BCUT2D eigenvalue weighted by Gasteiger charge is 2.24. The van der Waals surface area contributed by atoms with Gasteiger partial charge in [0.2, 0.25) is 0 Å². The number of amides is 1. The van der Waals surface area contributed by atoms with E-state index in [2.05, 4.69) is 39.7 Å². The first-order valence-electron chi connectivity index (χ1n) is 10.9. The van der Waals surface area contributed by atoms with E-state index in [1.165, 1.54) is 5.56 Å². The van der Waals surface area contributed by atoms with Gasteiger partial charge in [-0.05, 0) is 59.3 Å². The van der Waals surface area contributed by atoms with Crippen LogP contribution in [0, 0.1) is 12.8 Å². The lowest BCUT2D eigenvalue weighted by atomic mass is 9.86. The third-order valence-corrected chi connectivity index (χ3v) is 5.45. The van der Waals surface area contributed by atoms with Gasteiger partial charge in [-0.15, -0.1) is 0 Å². The van der Waals surface area contributed by atoms with Crippen molar-refractivity contribution < 1.29 is 14.3 Å². The van der Waals surface area contributed by atoms with Crippen LogP contribution in [-0.4, -0.2) is 41.4 Å². The minimum atomic E-state index is -0.473. The molecule has 0 saturated heterocycles. The van der Waals surface area contributed by atoms with Crippen molar-refractivity contribution >= 4 is 11.9 Å². The van der Waals surface area contributed by atoms with Crippen molar-refractivity contribution in [3.63, 3.8) is 0 Å². The van der Waals surface area contributed by atoms with Crippen LogP contribution in [0.1, 0.15) is 52.0 Å². The van der Waals surface area contributed by atoms with E-state index in [1.807, 2.05) is 32.9 Å². The maximum Gasteiger partial charge on any atom is 0.407 e. The Hall–Kier alpha value is -2.83. The second-order valence-corrected chi connectivity index (χ2v) is 9.21. The number of methoxy groups -OCH3 is 1. The van der Waals surface area contributed by atoms with E-state index in [0.717, 1.165) is 42.8 Å². The fraction of sp³-hybridized carbons (Fsp3) is 0.542. The van der Waals surface area contributed by atoms with Gasteiger partial charge >= 0.3 is 6.09 Å². The van der Waals surface area contributed by atoms with Gasteiger partial charge in [-0.2, -0.15) is 0 Å². The Morgan fingerprint density at radius 3 is 2.39 bits per heavy atom. The highest BCUT2D eigenvalue weighted by molar-refractivity contribution is 5.72. The van der Waals surface area contributed by atoms with E-state index in [1.54, 1.807) is 13.4 Å². The van der Waals surface area contributed by atoms with Gasteiger partial charge in [0.05, 0.1) is 7.11 Å². The van der Waals surface area contributed by atoms with Crippen molar-refractivity contribution in [2.24, 2.45) is 5.92 Å². The van der Waals surface area contributed by atoms with E-state index >= 15 is 0 Å². The van der Waals surface area contributed by atoms with Crippen LogP contribution in [0.5, 0.6) is 5.75 Å². The van der Waals surface area contributed by atoms with Gasteiger partial charge in [0.15, 0.2) is 11.6 Å². The Morgan fingerprint density at radius 2 is 1.77 bits per heavy atom. The van der Waals surface area contributed by atoms with Crippen LogP contribution in [0.15, 0.2) is 30.6 Å². The summed E-state index contributed by atoms with van der Waals surface area (Å²) in [6.07, 6.45) is 5.32. The van der Waals surface area contributed by atoms with Gasteiger partial charge in [-0.1, -0.05) is 29.8 Å². The Balaban J connectivity index is 1.56. The first-order chi connectivity index (χ1) is 14.7. The number of carbonyl (C=O) groups is 1. The number of alkyl carbamates (subject to hydrolysis) is 1. The van der Waals surface area contributed by atoms with Gasteiger partial charge in [0.1, 0.15) is 17.6 Å². The molecule has 1 fully saturated rings. The summed E-state index contributed by atoms with van der Waals surface area (Å²) in [6, 6.07) is 8.54. The van der Waals surface area contributed by atoms with Gasteiger partial charge < -0.3 is 20.1 Å². The molecule has 1 aromatic carbocycles. The molecule has 0 spiro atoms. The molecule has 2 aromatic rings. The van der Waals surface area contributed by atoms with E-state index in [0.29, 0.717) is 24.3 Å². The molecule has 0 radical (unpaired) electrons. The molecule has 3 rings (SSSR count). The highest BCUT2D eigenvalue weighted by Crippen LogP contribution is 2.35. The molecule has 0 aliphatic heterocycles. The third-order valence-electron chi connectivity index (χ3n) is 5.45. The van der Waals surface area contributed by atoms with Gasteiger partial charge in [-0.3, -0.25) is 0 Å². The van der Waals surface area contributed by atoms with Crippen LogP contribution in [0.4, 0.5) is 10.6 Å². The fourth-order valence-corrected chi connectivity index (χ4v) is 3.83. The molecule has 0 bridgehead atoms. The monoisotopic (exact) mass is 426 g/mol. The predicted molar refractivity (Wildman–Crippen MR) is 122 cm³/mol. The number of aryl methyl sites for hydroxylation is 1. The summed E-state index contributed by atoms with van der Waals surface area (Å²) >= 11 is 0. The minimum Gasteiger partial charge on any atom is -0.491 e. The van der Waals surface area contributed by atoms with Crippen LogP contribution in [0.3, 0.4) is 0 Å². The molecular formula is C24H34N4O3. The summed E-state index contributed by atoms with van der Waals surface area (Å²) in [5.74, 6) is 1.85. The summed E-state index contributed by atoms with van der Waals surface area (Å²) in [5, 5.41) is 6.45. The molecule has 1 aliphatic carbocycles. The molecule has 31 heavy (non-hydrogen) atoms. The molecule has 0 unspecified atom stereocenters. The fourth-order valence-electron chi connectivity index (χ4n) is 3.83. The maximum atomic E-state index is 11.9. The topological polar surface area (TPSA) is 85.4 Å². The highest BCUT2D eigenvalue weighted by atomic mass is 16.6. The van der Waals surface area contributed by atoms with E-state index in [4.69, 9.17) is 9.47 Å². The number of ether oxygens (including phenoxy) is 2. The molecule has 0 atom stereocenters. The standard InChI is InChI=1S/C24H34N4O3/c1-16-6-10-18(11-7-16)20-21(30-5)22(27-15-26-20)28-19-12-8-17(9-13-19)14-25-23(29)31-24(2,3)4/h6-7,10-11,15,17,19H,8-9,12-14H2,1-5H3,(H,25,29)(H,26,27,28)/t17-,19-. The van der Waals surface area contributed by atoms with Crippen LogP contribution in [0.25, 0.3) is 11.3 Å². The normalized spacial score (nSPS) is 18.9. The van der Waals surface area contributed by atoms with Crippen molar-refractivity contribution in [3.05, 3.63) is 36.2 Å². The second kappa shape index (κ2) is 9.98. The van der Waals surface area contributed by atoms with Crippen LogP contribution >= 0.6 is 0 Å². The molecule has 7 nitrogen and oxygen atoms in total. The van der Waals surface area contributed by atoms with Crippen LogP contribution < -0.4 is 15.4 Å². The predicted octanol–water partition coefficient (Wildman–Crippen LogP) is 4.96. The minimum absolute atomic E-state index is 0.312. The molecule has 1 saturated carbocycles. The molecule has 168 valence electrons. The summed E-state index contributed by atoms with van der Waals surface area (Å²) in [7, 11) is 1.65. The quantitative estimate of drug-likeness (QED) is 0.679. The Bertz CT molecular complexity index is 869. The summed E-state index contributed by atoms with van der Waals surface area (Å²) in [5.41, 5.74) is 2.52. The molecule has 1 amide bonds. The number of aromatic nitrogens is 2.